The summed E-state index contributed by atoms with van der Waals surface area (Å²) in [5, 5.41) is 2.80. The maximum absolute atomic E-state index is 13.5. The van der Waals surface area contributed by atoms with Gasteiger partial charge in [-0.15, -0.1) is 0 Å². The van der Waals surface area contributed by atoms with Crippen LogP contribution in [0.1, 0.15) is 11.3 Å². The summed E-state index contributed by atoms with van der Waals surface area (Å²) in [4.78, 5) is 16.3. The molecule has 3 rings (SSSR count). The van der Waals surface area contributed by atoms with Crippen LogP contribution in [0.2, 0.25) is 0 Å². The van der Waals surface area contributed by atoms with Gasteiger partial charge in [-0.05, 0) is 23.8 Å². The van der Waals surface area contributed by atoms with Gasteiger partial charge in [0.15, 0.2) is 0 Å². The number of rotatable bonds is 5. The van der Waals surface area contributed by atoms with Gasteiger partial charge in [0.2, 0.25) is 5.91 Å². The maximum Gasteiger partial charge on any atom is 0.224 e. The van der Waals surface area contributed by atoms with E-state index in [1.54, 1.807) is 18.2 Å². The number of carbonyl (C=O) groups excluding carboxylic acids is 1. The second-order valence-corrected chi connectivity index (χ2v) is 5.07. The molecule has 0 saturated carbocycles. The Hall–Kier alpha value is -2.69. The zero-order valence-electron chi connectivity index (χ0n) is 12.0. The van der Waals surface area contributed by atoms with Crippen molar-refractivity contribution < 1.29 is 9.18 Å². The highest BCUT2D eigenvalue weighted by molar-refractivity contribution is 5.78. The Morgan fingerprint density at radius 3 is 2.82 bits per heavy atom. The molecule has 0 saturated heterocycles. The third kappa shape index (κ3) is 3.31. The monoisotopic (exact) mass is 297 g/mol. The molecular formula is C17H16FN3O. The molecule has 0 radical (unpaired) electrons. The number of aromatic nitrogens is 2. The van der Waals surface area contributed by atoms with Crippen LogP contribution in [0.25, 0.3) is 5.65 Å². The van der Waals surface area contributed by atoms with E-state index in [9.17, 15) is 9.18 Å². The van der Waals surface area contributed by atoms with E-state index in [0.717, 1.165) is 11.3 Å². The van der Waals surface area contributed by atoms with E-state index in [2.05, 4.69) is 10.3 Å². The maximum atomic E-state index is 13.5. The molecule has 0 atom stereocenters. The number of hydrogen-bond acceptors (Lipinski definition) is 2. The van der Waals surface area contributed by atoms with Crippen LogP contribution in [0, 0.1) is 5.82 Å². The average molecular weight is 297 g/mol. The molecule has 0 aliphatic heterocycles. The van der Waals surface area contributed by atoms with Crippen LogP contribution in [0.5, 0.6) is 0 Å². The largest absolute Gasteiger partial charge is 0.355 e. The number of benzene rings is 1. The van der Waals surface area contributed by atoms with Crippen molar-refractivity contribution >= 4 is 11.6 Å². The lowest BCUT2D eigenvalue weighted by atomic mass is 10.1. The van der Waals surface area contributed by atoms with Gasteiger partial charge in [0.1, 0.15) is 11.5 Å². The zero-order chi connectivity index (χ0) is 15.4. The number of amides is 1. The van der Waals surface area contributed by atoms with Crippen LogP contribution in [0.15, 0.2) is 54.9 Å². The fourth-order valence-electron chi connectivity index (χ4n) is 2.31. The van der Waals surface area contributed by atoms with Gasteiger partial charge < -0.3 is 9.72 Å². The van der Waals surface area contributed by atoms with Crippen molar-refractivity contribution in [3.8, 4) is 0 Å². The van der Waals surface area contributed by atoms with Crippen LogP contribution < -0.4 is 5.32 Å². The third-order valence-corrected chi connectivity index (χ3v) is 3.43. The number of nitrogens with one attached hydrogen (secondary N) is 1. The Balaban J connectivity index is 1.52. The zero-order valence-corrected chi connectivity index (χ0v) is 12.0. The van der Waals surface area contributed by atoms with Crippen LogP contribution in [-0.4, -0.2) is 21.8 Å². The minimum Gasteiger partial charge on any atom is -0.355 e. The Morgan fingerprint density at radius 1 is 1.18 bits per heavy atom. The van der Waals surface area contributed by atoms with Crippen molar-refractivity contribution in [3.63, 3.8) is 0 Å². The predicted octanol–water partition coefficient (Wildman–Crippen LogP) is 2.37. The van der Waals surface area contributed by atoms with Crippen molar-refractivity contribution in [2.45, 2.75) is 12.8 Å². The molecule has 0 bridgehead atoms. The number of carbonyl (C=O) groups is 1. The highest BCUT2D eigenvalue weighted by atomic mass is 19.1. The smallest absolute Gasteiger partial charge is 0.224 e. The van der Waals surface area contributed by atoms with E-state index < -0.39 is 0 Å². The third-order valence-electron chi connectivity index (χ3n) is 3.43. The van der Waals surface area contributed by atoms with E-state index in [-0.39, 0.29) is 18.1 Å². The first kappa shape index (κ1) is 14.3. The van der Waals surface area contributed by atoms with E-state index in [4.69, 9.17) is 0 Å². The van der Waals surface area contributed by atoms with Crippen molar-refractivity contribution in [3.05, 3.63) is 71.9 Å². The van der Waals surface area contributed by atoms with E-state index >= 15 is 0 Å². The van der Waals surface area contributed by atoms with Gasteiger partial charge in [0.05, 0.1) is 12.1 Å². The summed E-state index contributed by atoms with van der Waals surface area (Å²) in [6.07, 6.45) is 4.57. The summed E-state index contributed by atoms with van der Waals surface area (Å²) in [5.41, 5.74) is 2.21. The standard InChI is InChI=1S/C17H16FN3O/c18-15-6-2-1-5-13(15)11-17(22)19-9-8-14-12-21-10-4-3-7-16(21)20-14/h1-7,10,12H,8-9,11H2,(H,19,22). The topological polar surface area (TPSA) is 46.4 Å². The number of halogens is 1. The van der Waals surface area contributed by atoms with E-state index in [1.165, 1.54) is 6.07 Å². The molecule has 3 aromatic rings. The second kappa shape index (κ2) is 6.39. The molecule has 2 heterocycles. The molecule has 1 amide bonds. The Bertz CT molecular complexity index is 764. The van der Waals surface area contributed by atoms with Gasteiger partial charge in [-0.1, -0.05) is 24.3 Å². The molecule has 4 nitrogen and oxygen atoms in total. The Morgan fingerprint density at radius 2 is 2.00 bits per heavy atom. The molecule has 0 aliphatic carbocycles. The summed E-state index contributed by atoms with van der Waals surface area (Å²) >= 11 is 0. The highest BCUT2D eigenvalue weighted by Gasteiger charge is 2.07. The lowest BCUT2D eigenvalue weighted by Crippen LogP contribution is -2.27. The first-order valence-electron chi connectivity index (χ1n) is 7.15. The quantitative estimate of drug-likeness (QED) is 0.786. The van der Waals surface area contributed by atoms with Crippen molar-refractivity contribution in [2.75, 3.05) is 6.54 Å². The van der Waals surface area contributed by atoms with Crippen molar-refractivity contribution in [1.82, 2.24) is 14.7 Å². The van der Waals surface area contributed by atoms with Crippen molar-refractivity contribution in [2.24, 2.45) is 0 Å². The summed E-state index contributed by atoms with van der Waals surface area (Å²) in [7, 11) is 0. The first-order valence-corrected chi connectivity index (χ1v) is 7.15. The van der Waals surface area contributed by atoms with Crippen LogP contribution in [-0.2, 0) is 17.6 Å². The summed E-state index contributed by atoms with van der Waals surface area (Å²) in [5.74, 6) is -0.535. The van der Waals surface area contributed by atoms with Gasteiger partial charge >= 0.3 is 0 Å². The Kier molecular flexibility index (Phi) is 4.14. The minimum absolute atomic E-state index is 0.0534. The van der Waals surface area contributed by atoms with Gasteiger partial charge in [0.25, 0.3) is 0 Å². The average Bonchev–Trinajstić information content (AvgIpc) is 2.92. The Labute approximate surface area is 127 Å². The van der Waals surface area contributed by atoms with E-state index in [1.807, 2.05) is 35.0 Å². The number of fused-ring (bicyclic) bond motifs is 1. The lowest BCUT2D eigenvalue weighted by Gasteiger charge is -2.05. The fraction of sp³-hybridized carbons (Fsp3) is 0.176. The van der Waals surface area contributed by atoms with Gasteiger partial charge in [0, 0.05) is 25.4 Å². The number of imidazole rings is 1. The van der Waals surface area contributed by atoms with Crippen LogP contribution in [0.4, 0.5) is 4.39 Å². The summed E-state index contributed by atoms with van der Waals surface area (Å²) in [6.45, 7) is 0.483. The summed E-state index contributed by atoms with van der Waals surface area (Å²) < 4.78 is 15.4. The number of pyridine rings is 1. The van der Waals surface area contributed by atoms with Gasteiger partial charge in [-0.25, -0.2) is 9.37 Å². The molecule has 0 spiro atoms. The molecule has 1 N–H and O–H groups in total. The van der Waals surface area contributed by atoms with E-state index in [0.29, 0.717) is 18.5 Å². The normalized spacial score (nSPS) is 10.8. The van der Waals surface area contributed by atoms with Crippen LogP contribution in [0.3, 0.4) is 0 Å². The predicted molar refractivity (Wildman–Crippen MR) is 82.0 cm³/mol. The molecule has 0 fully saturated rings. The molecule has 0 unspecified atom stereocenters. The van der Waals surface area contributed by atoms with Gasteiger partial charge in [-0.3, -0.25) is 4.79 Å². The summed E-state index contributed by atoms with van der Waals surface area (Å²) in [6, 6.07) is 12.1. The number of hydrogen-bond donors (Lipinski definition) is 1. The first-order chi connectivity index (χ1) is 10.7. The van der Waals surface area contributed by atoms with Crippen molar-refractivity contribution in [1.29, 1.82) is 0 Å². The SMILES string of the molecule is O=C(Cc1ccccc1F)NCCc1cn2ccccc2n1. The highest BCUT2D eigenvalue weighted by Crippen LogP contribution is 2.07. The molecule has 0 aliphatic rings. The molecule has 22 heavy (non-hydrogen) atoms. The molecule has 2 aromatic heterocycles. The lowest BCUT2D eigenvalue weighted by molar-refractivity contribution is -0.120. The second-order valence-electron chi connectivity index (χ2n) is 5.07. The molecule has 1 aromatic carbocycles. The van der Waals surface area contributed by atoms with Crippen LogP contribution >= 0.6 is 0 Å². The molecule has 112 valence electrons. The van der Waals surface area contributed by atoms with Gasteiger partial charge in [-0.2, -0.15) is 0 Å². The minimum atomic E-state index is -0.349. The molecule has 5 heteroatoms. The number of nitrogens with zero attached hydrogens (tertiary/aromatic N) is 2. The fourth-order valence-corrected chi connectivity index (χ4v) is 2.31. The molecular weight excluding hydrogens is 281 g/mol.